The summed E-state index contributed by atoms with van der Waals surface area (Å²) < 4.78 is 5.38. The van der Waals surface area contributed by atoms with Gasteiger partial charge in [0, 0.05) is 12.4 Å². The summed E-state index contributed by atoms with van der Waals surface area (Å²) in [6, 6.07) is 8.48. The zero-order valence-corrected chi connectivity index (χ0v) is 11.2. The van der Waals surface area contributed by atoms with Gasteiger partial charge >= 0.3 is 5.97 Å². The van der Waals surface area contributed by atoms with Crippen molar-refractivity contribution in [2.75, 3.05) is 0 Å². The third kappa shape index (κ3) is 3.34. The largest absolute Gasteiger partial charge is 0.451 e. The Balaban J connectivity index is 2.19. The van der Waals surface area contributed by atoms with Gasteiger partial charge in [-0.05, 0) is 24.3 Å². The molecule has 0 aliphatic heterocycles. The molecule has 2 aromatic rings. The first-order valence-electron chi connectivity index (χ1n) is 5.88. The highest BCUT2D eigenvalue weighted by Crippen LogP contribution is 2.22. The summed E-state index contributed by atoms with van der Waals surface area (Å²) >= 11 is 5.86. The van der Waals surface area contributed by atoms with E-state index in [4.69, 9.17) is 22.8 Å². The van der Waals surface area contributed by atoms with E-state index in [1.54, 1.807) is 36.5 Å². The quantitative estimate of drug-likeness (QED) is 0.492. The first kappa shape index (κ1) is 14.0. The van der Waals surface area contributed by atoms with Crippen molar-refractivity contribution in [3.8, 4) is 12.3 Å². The van der Waals surface area contributed by atoms with E-state index in [-0.39, 0.29) is 17.1 Å². The molecular weight excluding hydrogens is 276 g/mol. The van der Waals surface area contributed by atoms with Gasteiger partial charge in [0.15, 0.2) is 6.10 Å². The molecule has 0 fully saturated rings. The number of esters is 1. The summed E-state index contributed by atoms with van der Waals surface area (Å²) in [5, 5.41) is 0.0954. The number of rotatable bonds is 4. The normalized spacial score (nSPS) is 11.4. The SMILES string of the molecule is C#CC[C@H](OC(=O)c1cccnc1Cl)c1ccccn1. The molecule has 20 heavy (non-hydrogen) atoms. The molecule has 1 atom stereocenters. The third-order valence-corrected chi connectivity index (χ3v) is 2.85. The standard InChI is InChI=1S/C15H11ClN2O2/c1-2-6-13(12-8-3-4-9-17-12)20-15(19)11-7-5-10-18-14(11)16/h1,3-5,7-10,13H,6H2/t13-/m0/s1. The van der Waals surface area contributed by atoms with Crippen LogP contribution in [0.2, 0.25) is 5.15 Å². The second kappa shape index (κ2) is 6.69. The number of terminal acetylenes is 1. The van der Waals surface area contributed by atoms with Crippen LogP contribution in [-0.4, -0.2) is 15.9 Å². The summed E-state index contributed by atoms with van der Waals surface area (Å²) in [6.07, 6.45) is 8.05. The van der Waals surface area contributed by atoms with E-state index in [1.807, 2.05) is 0 Å². The highest BCUT2D eigenvalue weighted by atomic mass is 35.5. The fraction of sp³-hybridized carbons (Fsp3) is 0.133. The molecule has 0 N–H and O–H groups in total. The van der Waals surface area contributed by atoms with E-state index >= 15 is 0 Å². The molecule has 0 radical (unpaired) electrons. The molecule has 2 heterocycles. The van der Waals surface area contributed by atoms with Gasteiger partial charge in [0.2, 0.25) is 0 Å². The summed E-state index contributed by atoms with van der Waals surface area (Å²) in [4.78, 5) is 20.1. The Hall–Kier alpha value is -2.38. The molecule has 0 bridgehead atoms. The Bertz CT molecular complexity index is 638. The van der Waals surface area contributed by atoms with Crippen molar-refractivity contribution < 1.29 is 9.53 Å². The van der Waals surface area contributed by atoms with E-state index < -0.39 is 12.1 Å². The van der Waals surface area contributed by atoms with Gasteiger partial charge in [-0.2, -0.15) is 0 Å². The van der Waals surface area contributed by atoms with Gasteiger partial charge in [0.1, 0.15) is 5.15 Å². The molecule has 0 aliphatic rings. The van der Waals surface area contributed by atoms with E-state index in [9.17, 15) is 4.79 Å². The number of pyridine rings is 2. The summed E-state index contributed by atoms with van der Waals surface area (Å²) in [6.45, 7) is 0. The zero-order valence-electron chi connectivity index (χ0n) is 10.5. The van der Waals surface area contributed by atoms with Crippen LogP contribution in [0.1, 0.15) is 28.6 Å². The summed E-state index contributed by atoms with van der Waals surface area (Å²) in [5.41, 5.74) is 0.797. The van der Waals surface area contributed by atoms with E-state index in [1.165, 1.54) is 6.20 Å². The number of hydrogen-bond acceptors (Lipinski definition) is 4. The molecule has 0 aliphatic carbocycles. The Morgan fingerprint density at radius 1 is 1.30 bits per heavy atom. The van der Waals surface area contributed by atoms with Crippen LogP contribution in [0.4, 0.5) is 0 Å². The molecule has 2 rings (SSSR count). The highest BCUT2D eigenvalue weighted by Gasteiger charge is 2.20. The van der Waals surface area contributed by atoms with Crippen molar-refractivity contribution in [1.82, 2.24) is 9.97 Å². The lowest BCUT2D eigenvalue weighted by Gasteiger charge is -2.15. The molecule has 5 heteroatoms. The van der Waals surface area contributed by atoms with Crippen molar-refractivity contribution in [2.24, 2.45) is 0 Å². The third-order valence-electron chi connectivity index (χ3n) is 2.55. The number of halogens is 1. The molecule has 0 saturated carbocycles. The maximum absolute atomic E-state index is 12.1. The number of nitrogens with zero attached hydrogens (tertiary/aromatic N) is 2. The molecule has 100 valence electrons. The van der Waals surface area contributed by atoms with Crippen LogP contribution in [0, 0.1) is 12.3 Å². The van der Waals surface area contributed by atoms with Gasteiger partial charge in [-0.25, -0.2) is 9.78 Å². The Kier molecular flexibility index (Phi) is 4.70. The lowest BCUT2D eigenvalue weighted by Crippen LogP contribution is -2.13. The van der Waals surface area contributed by atoms with Crippen LogP contribution in [0.25, 0.3) is 0 Å². The zero-order chi connectivity index (χ0) is 14.4. The van der Waals surface area contributed by atoms with Crippen molar-refractivity contribution in [1.29, 1.82) is 0 Å². The lowest BCUT2D eigenvalue weighted by molar-refractivity contribution is 0.0298. The van der Waals surface area contributed by atoms with Crippen LogP contribution in [0.15, 0.2) is 42.7 Å². The predicted octanol–water partition coefficient (Wildman–Crippen LogP) is 3.05. The predicted molar refractivity (Wildman–Crippen MR) is 75.1 cm³/mol. The maximum atomic E-state index is 12.1. The Morgan fingerprint density at radius 2 is 2.10 bits per heavy atom. The number of carbonyl (C=O) groups excluding carboxylic acids is 1. The molecule has 0 unspecified atom stereocenters. The van der Waals surface area contributed by atoms with Crippen LogP contribution in [0.5, 0.6) is 0 Å². The highest BCUT2D eigenvalue weighted by molar-refractivity contribution is 6.32. The minimum Gasteiger partial charge on any atom is -0.451 e. The molecule has 2 aromatic heterocycles. The molecule has 0 amide bonds. The Morgan fingerprint density at radius 3 is 2.75 bits per heavy atom. The molecule has 0 spiro atoms. The summed E-state index contributed by atoms with van der Waals surface area (Å²) in [5.74, 6) is 1.90. The fourth-order valence-corrected chi connectivity index (χ4v) is 1.81. The fourth-order valence-electron chi connectivity index (χ4n) is 1.61. The molecule has 4 nitrogen and oxygen atoms in total. The number of carbonyl (C=O) groups is 1. The first-order valence-corrected chi connectivity index (χ1v) is 6.26. The first-order chi connectivity index (χ1) is 9.72. The minimum absolute atomic E-state index is 0.0954. The van der Waals surface area contributed by atoms with E-state index in [0.717, 1.165) is 0 Å². The van der Waals surface area contributed by atoms with Gasteiger partial charge in [-0.15, -0.1) is 12.3 Å². The van der Waals surface area contributed by atoms with Gasteiger partial charge < -0.3 is 4.74 Å². The minimum atomic E-state index is -0.607. The lowest BCUT2D eigenvalue weighted by atomic mass is 10.1. The van der Waals surface area contributed by atoms with Gasteiger partial charge in [0.05, 0.1) is 17.7 Å². The van der Waals surface area contributed by atoms with E-state index in [0.29, 0.717) is 5.69 Å². The van der Waals surface area contributed by atoms with Crippen LogP contribution in [0.3, 0.4) is 0 Å². The van der Waals surface area contributed by atoms with Crippen LogP contribution < -0.4 is 0 Å². The van der Waals surface area contributed by atoms with Gasteiger partial charge in [-0.3, -0.25) is 4.98 Å². The maximum Gasteiger partial charge on any atom is 0.341 e. The van der Waals surface area contributed by atoms with E-state index in [2.05, 4.69) is 15.9 Å². The van der Waals surface area contributed by atoms with Crippen LogP contribution in [-0.2, 0) is 4.74 Å². The summed E-state index contributed by atoms with van der Waals surface area (Å²) in [7, 11) is 0. The number of aromatic nitrogens is 2. The topological polar surface area (TPSA) is 52.1 Å². The van der Waals surface area contributed by atoms with Crippen molar-refractivity contribution in [3.63, 3.8) is 0 Å². The monoisotopic (exact) mass is 286 g/mol. The van der Waals surface area contributed by atoms with Crippen LogP contribution >= 0.6 is 11.6 Å². The van der Waals surface area contributed by atoms with Gasteiger partial charge in [0.25, 0.3) is 0 Å². The molecule has 0 aromatic carbocycles. The average molecular weight is 287 g/mol. The number of ether oxygens (including phenoxy) is 1. The Labute approximate surface area is 121 Å². The molecular formula is C15H11ClN2O2. The average Bonchev–Trinajstić information content (AvgIpc) is 2.48. The van der Waals surface area contributed by atoms with Crippen molar-refractivity contribution in [2.45, 2.75) is 12.5 Å². The van der Waals surface area contributed by atoms with Gasteiger partial charge in [-0.1, -0.05) is 17.7 Å². The second-order valence-electron chi connectivity index (χ2n) is 3.90. The van der Waals surface area contributed by atoms with Crippen molar-refractivity contribution >= 4 is 17.6 Å². The second-order valence-corrected chi connectivity index (χ2v) is 4.26. The smallest absolute Gasteiger partial charge is 0.341 e. The number of hydrogen-bond donors (Lipinski definition) is 0. The van der Waals surface area contributed by atoms with Crippen molar-refractivity contribution in [3.05, 3.63) is 59.1 Å². The molecule has 0 saturated heterocycles.